The van der Waals surface area contributed by atoms with Crippen LogP contribution >= 0.6 is 0 Å². The van der Waals surface area contributed by atoms with E-state index in [-0.39, 0.29) is 5.78 Å². The van der Waals surface area contributed by atoms with Crippen LogP contribution in [0.15, 0.2) is 6.07 Å². The highest BCUT2D eigenvalue weighted by atomic mass is 16.3. The van der Waals surface area contributed by atoms with Gasteiger partial charge >= 0.3 is 0 Å². The Kier molecular flexibility index (Phi) is 2.06. The fourth-order valence-corrected chi connectivity index (χ4v) is 2.14. The third-order valence-corrected chi connectivity index (χ3v) is 3.00. The lowest BCUT2D eigenvalue weighted by Gasteiger charge is -2.19. The van der Waals surface area contributed by atoms with E-state index in [2.05, 4.69) is 0 Å². The molecule has 2 nitrogen and oxygen atoms in total. The minimum atomic E-state index is 0.220. The summed E-state index contributed by atoms with van der Waals surface area (Å²) in [6, 6.07) is 1.82. The molecule has 0 amide bonds. The van der Waals surface area contributed by atoms with E-state index in [4.69, 9.17) is 0 Å². The lowest BCUT2D eigenvalue weighted by molar-refractivity contribution is 0.0972. The standard InChI is InChI=1S/C12H14O2/c1-7-6-10-9(8(2)12(7)14)4-3-5-11(10)13/h6,14H,3-5H2,1-2H3. The predicted octanol–water partition coefficient (Wildman–Crippen LogP) is 2.53. The molecule has 0 aliphatic heterocycles. The van der Waals surface area contributed by atoms with E-state index in [0.717, 1.165) is 35.1 Å². The number of phenolic OH excluding ortho intramolecular Hbond substituents is 1. The molecule has 74 valence electrons. The van der Waals surface area contributed by atoms with Gasteiger partial charge in [0.1, 0.15) is 5.75 Å². The average Bonchev–Trinajstić information content (AvgIpc) is 2.17. The Labute approximate surface area is 83.6 Å². The van der Waals surface area contributed by atoms with Crippen LogP contribution in [0.4, 0.5) is 0 Å². The van der Waals surface area contributed by atoms with E-state index in [9.17, 15) is 9.90 Å². The van der Waals surface area contributed by atoms with E-state index < -0.39 is 0 Å². The summed E-state index contributed by atoms with van der Waals surface area (Å²) in [6.07, 6.45) is 2.48. The van der Waals surface area contributed by atoms with Crippen LogP contribution in [0.1, 0.15) is 39.9 Å². The van der Waals surface area contributed by atoms with Gasteiger partial charge in [0.2, 0.25) is 0 Å². The Morgan fingerprint density at radius 2 is 2.00 bits per heavy atom. The molecule has 0 radical (unpaired) electrons. The quantitative estimate of drug-likeness (QED) is 0.682. The summed E-state index contributed by atoms with van der Waals surface area (Å²) >= 11 is 0. The van der Waals surface area contributed by atoms with Gasteiger partial charge in [-0.05, 0) is 49.4 Å². The normalized spacial score (nSPS) is 15.4. The summed E-state index contributed by atoms with van der Waals surface area (Å²) in [7, 11) is 0. The fraction of sp³-hybridized carbons (Fsp3) is 0.417. The van der Waals surface area contributed by atoms with Crippen molar-refractivity contribution in [3.05, 3.63) is 28.3 Å². The maximum absolute atomic E-state index is 11.6. The second-order valence-electron chi connectivity index (χ2n) is 3.97. The first-order valence-corrected chi connectivity index (χ1v) is 4.96. The largest absolute Gasteiger partial charge is 0.507 e. The third-order valence-electron chi connectivity index (χ3n) is 3.00. The number of benzene rings is 1. The number of aromatic hydroxyl groups is 1. The fourth-order valence-electron chi connectivity index (χ4n) is 2.14. The molecule has 2 heteroatoms. The molecule has 0 atom stereocenters. The van der Waals surface area contributed by atoms with Crippen LogP contribution in [-0.4, -0.2) is 10.9 Å². The molecule has 1 aliphatic rings. The Hall–Kier alpha value is -1.31. The molecule has 0 bridgehead atoms. The van der Waals surface area contributed by atoms with Crippen molar-refractivity contribution in [3.63, 3.8) is 0 Å². The highest BCUT2D eigenvalue weighted by Crippen LogP contribution is 2.32. The zero-order valence-corrected chi connectivity index (χ0v) is 8.55. The van der Waals surface area contributed by atoms with E-state index in [1.54, 1.807) is 0 Å². The van der Waals surface area contributed by atoms with Crippen molar-refractivity contribution < 1.29 is 9.90 Å². The van der Waals surface area contributed by atoms with Crippen LogP contribution in [0.2, 0.25) is 0 Å². The molecular weight excluding hydrogens is 176 g/mol. The summed E-state index contributed by atoms with van der Waals surface area (Å²) in [6.45, 7) is 3.73. The van der Waals surface area contributed by atoms with Gasteiger partial charge in [0.15, 0.2) is 5.78 Å². The second kappa shape index (κ2) is 3.12. The Balaban J connectivity index is 2.69. The van der Waals surface area contributed by atoms with Crippen LogP contribution in [-0.2, 0) is 6.42 Å². The van der Waals surface area contributed by atoms with Gasteiger partial charge in [0.05, 0.1) is 0 Å². The first kappa shape index (κ1) is 9.25. The van der Waals surface area contributed by atoms with Gasteiger partial charge in [-0.25, -0.2) is 0 Å². The number of hydrogen-bond acceptors (Lipinski definition) is 2. The van der Waals surface area contributed by atoms with Crippen LogP contribution in [0.25, 0.3) is 0 Å². The first-order chi connectivity index (χ1) is 6.61. The van der Waals surface area contributed by atoms with Gasteiger partial charge in [-0.15, -0.1) is 0 Å². The highest BCUT2D eigenvalue weighted by Gasteiger charge is 2.21. The van der Waals surface area contributed by atoms with Crippen molar-refractivity contribution in [2.45, 2.75) is 33.1 Å². The molecule has 1 aliphatic carbocycles. The summed E-state index contributed by atoms with van der Waals surface area (Å²) < 4.78 is 0. The van der Waals surface area contributed by atoms with Crippen LogP contribution < -0.4 is 0 Å². The van der Waals surface area contributed by atoms with Gasteiger partial charge in [-0.2, -0.15) is 0 Å². The van der Waals surface area contributed by atoms with Crippen LogP contribution in [0.5, 0.6) is 5.75 Å². The van der Waals surface area contributed by atoms with Crippen molar-refractivity contribution in [1.29, 1.82) is 0 Å². The maximum atomic E-state index is 11.6. The molecule has 0 aromatic heterocycles. The number of rotatable bonds is 0. The van der Waals surface area contributed by atoms with Gasteiger partial charge in [0.25, 0.3) is 0 Å². The molecule has 0 saturated heterocycles. The first-order valence-electron chi connectivity index (χ1n) is 4.96. The van der Waals surface area contributed by atoms with E-state index in [1.807, 2.05) is 19.9 Å². The molecule has 0 saturated carbocycles. The molecule has 1 N–H and O–H groups in total. The van der Waals surface area contributed by atoms with Crippen molar-refractivity contribution in [1.82, 2.24) is 0 Å². The third kappa shape index (κ3) is 1.22. The highest BCUT2D eigenvalue weighted by molar-refractivity contribution is 5.99. The van der Waals surface area contributed by atoms with E-state index in [0.29, 0.717) is 12.2 Å². The zero-order chi connectivity index (χ0) is 10.3. The Morgan fingerprint density at radius 3 is 2.71 bits per heavy atom. The minimum Gasteiger partial charge on any atom is -0.507 e. The molecule has 14 heavy (non-hydrogen) atoms. The summed E-state index contributed by atoms with van der Waals surface area (Å²) in [4.78, 5) is 11.6. The maximum Gasteiger partial charge on any atom is 0.163 e. The summed E-state index contributed by atoms with van der Waals surface area (Å²) in [5.74, 6) is 0.566. The molecule has 0 spiro atoms. The Morgan fingerprint density at radius 1 is 1.29 bits per heavy atom. The average molecular weight is 190 g/mol. The van der Waals surface area contributed by atoms with Gasteiger partial charge < -0.3 is 5.11 Å². The van der Waals surface area contributed by atoms with Gasteiger partial charge in [-0.1, -0.05) is 0 Å². The molecule has 0 heterocycles. The molecule has 2 rings (SSSR count). The Bertz CT molecular complexity index is 405. The predicted molar refractivity (Wildman–Crippen MR) is 54.8 cm³/mol. The summed E-state index contributed by atoms with van der Waals surface area (Å²) in [5, 5.41) is 9.74. The van der Waals surface area contributed by atoms with Crippen molar-refractivity contribution in [2.75, 3.05) is 0 Å². The smallest absolute Gasteiger partial charge is 0.163 e. The lowest BCUT2D eigenvalue weighted by atomic mass is 9.86. The number of ketones is 1. The van der Waals surface area contributed by atoms with Crippen molar-refractivity contribution in [2.24, 2.45) is 0 Å². The molecule has 1 aromatic rings. The minimum absolute atomic E-state index is 0.220. The number of Topliss-reactive ketones (excluding diaryl/α,β-unsaturated/α-hetero) is 1. The number of phenols is 1. The van der Waals surface area contributed by atoms with Gasteiger partial charge in [-0.3, -0.25) is 4.79 Å². The van der Waals surface area contributed by atoms with Crippen LogP contribution in [0, 0.1) is 13.8 Å². The zero-order valence-electron chi connectivity index (χ0n) is 8.55. The van der Waals surface area contributed by atoms with Crippen molar-refractivity contribution in [3.8, 4) is 5.75 Å². The number of carbonyl (C=O) groups excluding carboxylic acids is 1. The monoisotopic (exact) mass is 190 g/mol. The molecular formula is C12H14O2. The SMILES string of the molecule is Cc1cc2c(c(C)c1O)CCCC2=O. The van der Waals surface area contributed by atoms with Gasteiger partial charge in [0, 0.05) is 12.0 Å². The molecule has 0 fully saturated rings. The number of fused-ring (bicyclic) bond motifs is 1. The van der Waals surface area contributed by atoms with E-state index >= 15 is 0 Å². The lowest BCUT2D eigenvalue weighted by Crippen LogP contribution is -2.12. The topological polar surface area (TPSA) is 37.3 Å². The van der Waals surface area contributed by atoms with E-state index in [1.165, 1.54) is 0 Å². The number of hydrogen-bond donors (Lipinski definition) is 1. The number of aryl methyl sites for hydroxylation is 1. The second-order valence-corrected chi connectivity index (χ2v) is 3.97. The van der Waals surface area contributed by atoms with Crippen LogP contribution in [0.3, 0.4) is 0 Å². The molecule has 0 unspecified atom stereocenters. The summed E-state index contributed by atoms with van der Waals surface area (Å²) in [5.41, 5.74) is 3.55. The molecule has 1 aromatic carbocycles. The number of carbonyl (C=O) groups is 1. The van der Waals surface area contributed by atoms with Crippen molar-refractivity contribution >= 4 is 5.78 Å².